The molecular formula is C16H17NO5. The average molecular weight is 303 g/mol. The average Bonchev–Trinajstić information content (AvgIpc) is 2.91. The van der Waals surface area contributed by atoms with Crippen molar-refractivity contribution in [2.75, 3.05) is 5.32 Å². The predicted molar refractivity (Wildman–Crippen MR) is 80.6 cm³/mol. The van der Waals surface area contributed by atoms with Gasteiger partial charge in [0.1, 0.15) is 5.75 Å². The number of carboxylic acid groups (broad SMARTS) is 1. The molecule has 0 radical (unpaired) electrons. The summed E-state index contributed by atoms with van der Waals surface area (Å²) in [6, 6.07) is 7.82. The third-order valence-electron chi connectivity index (χ3n) is 2.84. The van der Waals surface area contributed by atoms with Crippen molar-refractivity contribution in [1.29, 1.82) is 0 Å². The van der Waals surface area contributed by atoms with Crippen molar-refractivity contribution in [3.8, 4) is 5.75 Å². The highest BCUT2D eigenvalue weighted by Crippen LogP contribution is 2.23. The van der Waals surface area contributed by atoms with Crippen LogP contribution in [-0.2, 0) is 0 Å². The van der Waals surface area contributed by atoms with Crippen molar-refractivity contribution in [2.45, 2.75) is 26.9 Å². The van der Waals surface area contributed by atoms with Crippen LogP contribution in [0.3, 0.4) is 0 Å². The Hall–Kier alpha value is -2.76. The fourth-order valence-corrected chi connectivity index (χ4v) is 1.88. The molecule has 2 rings (SSSR count). The van der Waals surface area contributed by atoms with E-state index in [1.165, 1.54) is 12.1 Å². The molecule has 0 fully saturated rings. The fourth-order valence-electron chi connectivity index (χ4n) is 1.88. The molecule has 0 unspecified atom stereocenters. The number of rotatable bonds is 5. The number of benzene rings is 1. The number of carbonyl (C=O) groups excluding carboxylic acids is 1. The minimum Gasteiger partial charge on any atom is -0.491 e. The lowest BCUT2D eigenvalue weighted by molar-refractivity contribution is 0.0660. The van der Waals surface area contributed by atoms with E-state index >= 15 is 0 Å². The van der Waals surface area contributed by atoms with E-state index < -0.39 is 11.9 Å². The van der Waals surface area contributed by atoms with Crippen LogP contribution in [0.1, 0.15) is 40.5 Å². The lowest BCUT2D eigenvalue weighted by Crippen LogP contribution is -2.12. The van der Waals surface area contributed by atoms with Crippen LogP contribution in [0.2, 0.25) is 0 Å². The highest BCUT2D eigenvalue weighted by molar-refractivity contribution is 6.03. The van der Waals surface area contributed by atoms with Crippen molar-refractivity contribution >= 4 is 17.6 Å². The molecule has 0 atom stereocenters. The second-order valence-corrected chi connectivity index (χ2v) is 5.07. The Morgan fingerprint density at radius 3 is 2.41 bits per heavy atom. The Balaban J connectivity index is 2.11. The van der Waals surface area contributed by atoms with Crippen molar-refractivity contribution in [3.63, 3.8) is 0 Å². The third-order valence-corrected chi connectivity index (χ3v) is 2.84. The van der Waals surface area contributed by atoms with Crippen LogP contribution >= 0.6 is 0 Å². The summed E-state index contributed by atoms with van der Waals surface area (Å²) >= 11 is 0. The van der Waals surface area contributed by atoms with E-state index in [-0.39, 0.29) is 17.6 Å². The van der Waals surface area contributed by atoms with E-state index in [9.17, 15) is 9.59 Å². The Morgan fingerprint density at radius 1 is 1.18 bits per heavy atom. The number of nitrogens with one attached hydrogen (secondary N) is 1. The summed E-state index contributed by atoms with van der Waals surface area (Å²) in [7, 11) is 0. The molecule has 1 aromatic heterocycles. The Kier molecular flexibility index (Phi) is 4.50. The number of aryl methyl sites for hydroxylation is 1. The molecule has 0 aliphatic carbocycles. The maximum atomic E-state index is 12.0. The van der Waals surface area contributed by atoms with Crippen LogP contribution in [0, 0.1) is 6.92 Å². The van der Waals surface area contributed by atoms with Crippen LogP contribution in [0.4, 0.5) is 5.69 Å². The number of hydrogen-bond donors (Lipinski definition) is 2. The van der Waals surface area contributed by atoms with Gasteiger partial charge in [0.2, 0.25) is 5.76 Å². The van der Waals surface area contributed by atoms with Gasteiger partial charge in [0.25, 0.3) is 5.91 Å². The second kappa shape index (κ2) is 6.34. The molecule has 1 aromatic carbocycles. The third kappa shape index (κ3) is 3.66. The maximum absolute atomic E-state index is 12.0. The topological polar surface area (TPSA) is 88.8 Å². The molecule has 2 N–H and O–H groups in total. The summed E-state index contributed by atoms with van der Waals surface area (Å²) < 4.78 is 10.6. The largest absolute Gasteiger partial charge is 0.491 e. The Labute approximate surface area is 127 Å². The molecule has 0 bridgehead atoms. The first-order chi connectivity index (χ1) is 10.4. The van der Waals surface area contributed by atoms with E-state index in [2.05, 4.69) is 5.32 Å². The van der Waals surface area contributed by atoms with E-state index in [0.717, 1.165) is 11.3 Å². The number of carboxylic acids is 1. The van der Waals surface area contributed by atoms with Crippen LogP contribution < -0.4 is 10.1 Å². The number of furan rings is 1. The van der Waals surface area contributed by atoms with Crippen molar-refractivity contribution < 1.29 is 23.8 Å². The molecule has 0 saturated heterocycles. The minimum atomic E-state index is -1.22. The monoisotopic (exact) mass is 303 g/mol. The summed E-state index contributed by atoms with van der Waals surface area (Å²) in [5.74, 6) is -1.31. The minimum absolute atomic E-state index is 0.0578. The number of carbonyl (C=O) groups is 2. The second-order valence-electron chi connectivity index (χ2n) is 5.07. The normalized spacial score (nSPS) is 10.5. The number of hydrogen-bond acceptors (Lipinski definition) is 4. The highest BCUT2D eigenvalue weighted by atomic mass is 16.5. The number of amides is 1. The summed E-state index contributed by atoms with van der Waals surface area (Å²) in [5.41, 5.74) is 1.46. The van der Waals surface area contributed by atoms with Crippen molar-refractivity contribution in [2.24, 2.45) is 0 Å². The number of ether oxygens (including phenoxy) is 1. The zero-order valence-electron chi connectivity index (χ0n) is 12.5. The number of aromatic carboxylic acids is 1. The van der Waals surface area contributed by atoms with Gasteiger partial charge in [0.05, 0.1) is 6.10 Å². The summed E-state index contributed by atoms with van der Waals surface area (Å²) in [4.78, 5) is 22.7. The van der Waals surface area contributed by atoms with E-state index in [1.807, 2.05) is 20.8 Å². The molecule has 6 heteroatoms. The first-order valence-electron chi connectivity index (χ1n) is 6.78. The standard InChI is InChI=1S/C16H17NO5/c1-9(2)21-12-5-4-11(8-10(12)3)17-15(18)13-6-7-14(22-13)16(19)20/h4-9H,1-3H3,(H,17,18)(H,19,20). The molecule has 22 heavy (non-hydrogen) atoms. The van der Waals surface area contributed by atoms with Gasteiger partial charge in [-0.05, 0) is 56.7 Å². The number of anilines is 1. The predicted octanol–water partition coefficient (Wildman–Crippen LogP) is 3.33. The van der Waals surface area contributed by atoms with Crippen LogP contribution in [-0.4, -0.2) is 23.1 Å². The molecule has 2 aromatic rings. The Morgan fingerprint density at radius 2 is 1.86 bits per heavy atom. The summed E-state index contributed by atoms with van der Waals surface area (Å²) in [6.07, 6.45) is 0.0664. The van der Waals surface area contributed by atoms with E-state index in [4.69, 9.17) is 14.3 Å². The SMILES string of the molecule is Cc1cc(NC(=O)c2ccc(C(=O)O)o2)ccc1OC(C)C. The molecule has 0 aliphatic rings. The van der Waals surface area contributed by atoms with Gasteiger partial charge in [0.15, 0.2) is 5.76 Å². The smallest absolute Gasteiger partial charge is 0.371 e. The molecule has 0 aliphatic heterocycles. The lowest BCUT2D eigenvalue weighted by Gasteiger charge is -2.13. The van der Waals surface area contributed by atoms with Crippen LogP contribution in [0.15, 0.2) is 34.7 Å². The first-order valence-corrected chi connectivity index (χ1v) is 6.78. The molecule has 6 nitrogen and oxygen atoms in total. The quantitative estimate of drug-likeness (QED) is 0.884. The molecule has 0 saturated carbocycles. The molecule has 116 valence electrons. The van der Waals surface area contributed by atoms with Gasteiger partial charge in [0, 0.05) is 5.69 Å². The van der Waals surface area contributed by atoms with E-state index in [0.29, 0.717) is 5.69 Å². The van der Waals surface area contributed by atoms with Crippen molar-refractivity contribution in [1.82, 2.24) is 0 Å². The molecule has 1 heterocycles. The summed E-state index contributed by atoms with van der Waals surface area (Å²) in [6.45, 7) is 5.75. The van der Waals surface area contributed by atoms with Gasteiger partial charge in [-0.25, -0.2) is 4.79 Å². The zero-order chi connectivity index (χ0) is 16.3. The van der Waals surface area contributed by atoms with Gasteiger partial charge in [-0.1, -0.05) is 0 Å². The first kappa shape index (κ1) is 15.6. The lowest BCUT2D eigenvalue weighted by atomic mass is 10.2. The van der Waals surface area contributed by atoms with Crippen LogP contribution in [0.5, 0.6) is 5.75 Å². The highest BCUT2D eigenvalue weighted by Gasteiger charge is 2.15. The molecule has 0 spiro atoms. The van der Waals surface area contributed by atoms with Gasteiger partial charge >= 0.3 is 5.97 Å². The maximum Gasteiger partial charge on any atom is 0.371 e. The van der Waals surface area contributed by atoms with Gasteiger partial charge < -0.3 is 19.6 Å². The van der Waals surface area contributed by atoms with Crippen LogP contribution in [0.25, 0.3) is 0 Å². The molecule has 1 amide bonds. The fraction of sp³-hybridized carbons (Fsp3) is 0.250. The van der Waals surface area contributed by atoms with Crippen molar-refractivity contribution in [3.05, 3.63) is 47.4 Å². The zero-order valence-corrected chi connectivity index (χ0v) is 12.5. The van der Waals surface area contributed by atoms with Gasteiger partial charge in [-0.2, -0.15) is 0 Å². The van der Waals surface area contributed by atoms with Gasteiger partial charge in [-0.15, -0.1) is 0 Å². The van der Waals surface area contributed by atoms with E-state index in [1.54, 1.807) is 18.2 Å². The Bertz CT molecular complexity index is 702. The van der Waals surface area contributed by atoms with Gasteiger partial charge in [-0.3, -0.25) is 4.79 Å². The molecular weight excluding hydrogens is 286 g/mol. The summed E-state index contributed by atoms with van der Waals surface area (Å²) in [5, 5.41) is 11.4.